The molecule has 0 bridgehead atoms. The number of hydrogen-bond acceptors (Lipinski definition) is 8. The molecule has 4 heterocycles. The van der Waals surface area contributed by atoms with E-state index >= 15 is 0 Å². The summed E-state index contributed by atoms with van der Waals surface area (Å²) in [7, 11) is 1.63. The van der Waals surface area contributed by atoms with Crippen molar-refractivity contribution in [3.05, 3.63) is 60.4 Å². The molecule has 0 atom stereocenters. The van der Waals surface area contributed by atoms with E-state index in [9.17, 15) is 4.79 Å². The number of morpholine rings is 1. The first-order valence-corrected chi connectivity index (χ1v) is 13.6. The Morgan fingerprint density at radius 3 is 2.51 bits per heavy atom. The summed E-state index contributed by atoms with van der Waals surface area (Å²) in [5.74, 6) is 1.25. The summed E-state index contributed by atoms with van der Waals surface area (Å²) in [6.07, 6.45) is 4.53. The van der Waals surface area contributed by atoms with Crippen molar-refractivity contribution in [3.8, 4) is 11.3 Å². The molecule has 2 aromatic heterocycles. The lowest BCUT2D eigenvalue weighted by molar-refractivity contribution is 0.0963. The molecule has 2 aliphatic heterocycles. The summed E-state index contributed by atoms with van der Waals surface area (Å²) >= 11 is 0. The van der Waals surface area contributed by atoms with Crippen molar-refractivity contribution in [3.63, 3.8) is 0 Å². The van der Waals surface area contributed by atoms with Gasteiger partial charge in [-0.3, -0.25) is 4.79 Å². The van der Waals surface area contributed by atoms with Crippen LogP contribution in [0, 0.1) is 0 Å². The zero-order valence-corrected chi connectivity index (χ0v) is 22.3. The number of imidazole rings is 1. The van der Waals surface area contributed by atoms with Gasteiger partial charge in [0.25, 0.3) is 5.91 Å². The van der Waals surface area contributed by atoms with Gasteiger partial charge < -0.3 is 29.7 Å². The Balaban J connectivity index is 1.31. The van der Waals surface area contributed by atoms with E-state index in [2.05, 4.69) is 48.2 Å². The minimum atomic E-state index is -0.115. The second-order valence-electron chi connectivity index (χ2n) is 10.0. The number of amides is 1. The van der Waals surface area contributed by atoms with Crippen molar-refractivity contribution in [2.45, 2.75) is 19.4 Å². The van der Waals surface area contributed by atoms with E-state index < -0.39 is 0 Å². The normalized spacial score (nSPS) is 16.1. The van der Waals surface area contributed by atoms with Gasteiger partial charge in [0.2, 0.25) is 5.95 Å². The molecule has 0 unspecified atom stereocenters. The zero-order chi connectivity index (χ0) is 26.6. The number of benzene rings is 2. The lowest BCUT2D eigenvalue weighted by atomic mass is 10.1. The number of hydrogen-bond donors (Lipinski definition) is 2. The van der Waals surface area contributed by atoms with Crippen LogP contribution in [0.3, 0.4) is 0 Å². The number of nitrogens with zero attached hydrogens (tertiary/aromatic N) is 6. The fraction of sp³-hybridized carbons (Fsp3) is 0.379. The van der Waals surface area contributed by atoms with Crippen molar-refractivity contribution in [2.24, 2.45) is 0 Å². The number of aromatic nitrogens is 4. The summed E-state index contributed by atoms with van der Waals surface area (Å²) < 4.78 is 7.80. The van der Waals surface area contributed by atoms with E-state index in [-0.39, 0.29) is 5.91 Å². The van der Waals surface area contributed by atoms with Crippen LogP contribution in [0.1, 0.15) is 23.2 Å². The standard InChI is InChI=1S/C29H34N8O2/c1-30-28(38)21-4-7-23(8-5-21)32-27-19-25(33-29(34-27)36-14-16-39-17-15-36)22-6-9-24-26(18-22)37(20-31-24)13-12-35-10-2-3-11-35/h4-9,18-20H,2-3,10-17H2,1H3,(H,30,38)(H,32,33,34). The Morgan fingerprint density at radius 1 is 0.949 bits per heavy atom. The summed E-state index contributed by atoms with van der Waals surface area (Å²) in [4.78, 5) is 31.1. The van der Waals surface area contributed by atoms with Gasteiger partial charge >= 0.3 is 0 Å². The molecule has 6 rings (SSSR count). The maximum atomic E-state index is 11.9. The average molecular weight is 527 g/mol. The summed E-state index contributed by atoms with van der Waals surface area (Å²) in [6.45, 7) is 7.12. The molecular formula is C29H34N8O2. The Morgan fingerprint density at radius 2 is 1.74 bits per heavy atom. The van der Waals surface area contributed by atoms with Crippen LogP contribution in [-0.4, -0.2) is 83.3 Å². The number of fused-ring (bicyclic) bond motifs is 1. The number of likely N-dealkylation sites (tertiary alicyclic amines) is 1. The van der Waals surface area contributed by atoms with Gasteiger partial charge in [-0.15, -0.1) is 0 Å². The molecule has 0 saturated carbocycles. The molecule has 2 aliphatic rings. The number of anilines is 3. The smallest absolute Gasteiger partial charge is 0.251 e. The van der Waals surface area contributed by atoms with Gasteiger partial charge in [0.1, 0.15) is 5.82 Å². The van der Waals surface area contributed by atoms with Gasteiger partial charge in [-0.25, -0.2) is 9.97 Å². The second kappa shape index (κ2) is 11.4. The van der Waals surface area contributed by atoms with Crippen molar-refractivity contribution < 1.29 is 9.53 Å². The van der Waals surface area contributed by atoms with Crippen LogP contribution < -0.4 is 15.5 Å². The number of carbonyl (C=O) groups is 1. The van der Waals surface area contributed by atoms with Crippen molar-refractivity contribution in [1.82, 2.24) is 29.7 Å². The Kier molecular flexibility index (Phi) is 7.38. The van der Waals surface area contributed by atoms with Crippen LogP contribution in [0.5, 0.6) is 0 Å². The fourth-order valence-corrected chi connectivity index (χ4v) is 5.20. The Hall–Kier alpha value is -4.02. The van der Waals surface area contributed by atoms with Gasteiger partial charge in [0, 0.05) is 56.1 Å². The highest BCUT2D eigenvalue weighted by atomic mass is 16.5. The molecule has 0 spiro atoms. The van der Waals surface area contributed by atoms with Crippen molar-refractivity contribution in [1.29, 1.82) is 0 Å². The minimum Gasteiger partial charge on any atom is -0.378 e. The first kappa shape index (κ1) is 25.3. The van der Waals surface area contributed by atoms with Crippen LogP contribution in [0.4, 0.5) is 17.5 Å². The average Bonchev–Trinajstić information content (AvgIpc) is 3.66. The molecule has 0 aliphatic carbocycles. The third-order valence-corrected chi connectivity index (χ3v) is 7.43. The third kappa shape index (κ3) is 5.71. The lowest BCUT2D eigenvalue weighted by Crippen LogP contribution is -2.37. The highest BCUT2D eigenvalue weighted by Crippen LogP contribution is 2.28. The van der Waals surface area contributed by atoms with Gasteiger partial charge in [-0.2, -0.15) is 4.98 Å². The summed E-state index contributed by atoms with van der Waals surface area (Å²) in [5.41, 5.74) is 5.39. The highest BCUT2D eigenvalue weighted by Gasteiger charge is 2.18. The number of ether oxygens (including phenoxy) is 1. The van der Waals surface area contributed by atoms with Gasteiger partial charge in [0.05, 0.1) is 36.3 Å². The SMILES string of the molecule is CNC(=O)c1ccc(Nc2cc(-c3ccc4ncn(CCN5CCCC5)c4c3)nc(N3CCOCC3)n2)cc1. The van der Waals surface area contributed by atoms with E-state index in [1.165, 1.54) is 25.9 Å². The minimum absolute atomic E-state index is 0.115. The van der Waals surface area contributed by atoms with E-state index in [0.717, 1.165) is 54.2 Å². The molecule has 2 aromatic carbocycles. The molecule has 10 heteroatoms. The van der Waals surface area contributed by atoms with Gasteiger partial charge in [-0.1, -0.05) is 6.07 Å². The molecule has 0 radical (unpaired) electrons. The molecule has 2 N–H and O–H groups in total. The quantitative estimate of drug-likeness (QED) is 0.360. The number of rotatable bonds is 8. The summed E-state index contributed by atoms with van der Waals surface area (Å²) in [5, 5.41) is 6.06. The topological polar surface area (TPSA) is 100 Å². The predicted octanol–water partition coefficient (Wildman–Crippen LogP) is 3.53. The van der Waals surface area contributed by atoms with Crippen LogP contribution >= 0.6 is 0 Å². The molecule has 4 aromatic rings. The van der Waals surface area contributed by atoms with E-state index in [0.29, 0.717) is 30.5 Å². The van der Waals surface area contributed by atoms with E-state index in [1.807, 2.05) is 24.5 Å². The third-order valence-electron chi connectivity index (χ3n) is 7.43. The highest BCUT2D eigenvalue weighted by molar-refractivity contribution is 5.94. The molecular weight excluding hydrogens is 492 g/mol. The van der Waals surface area contributed by atoms with Gasteiger partial charge in [-0.05, 0) is 62.3 Å². The molecule has 2 fully saturated rings. The molecule has 2 saturated heterocycles. The molecule has 10 nitrogen and oxygen atoms in total. The molecule has 39 heavy (non-hydrogen) atoms. The monoisotopic (exact) mass is 526 g/mol. The predicted molar refractivity (Wildman–Crippen MR) is 153 cm³/mol. The first-order valence-electron chi connectivity index (χ1n) is 13.6. The lowest BCUT2D eigenvalue weighted by Gasteiger charge is -2.27. The van der Waals surface area contributed by atoms with Crippen LogP contribution in [0.2, 0.25) is 0 Å². The first-order chi connectivity index (χ1) is 19.2. The Labute approximate surface area is 228 Å². The maximum Gasteiger partial charge on any atom is 0.251 e. The maximum absolute atomic E-state index is 11.9. The van der Waals surface area contributed by atoms with Crippen molar-refractivity contribution in [2.75, 3.05) is 63.2 Å². The van der Waals surface area contributed by atoms with Gasteiger partial charge in [0.15, 0.2) is 0 Å². The molecule has 1 amide bonds. The summed E-state index contributed by atoms with van der Waals surface area (Å²) in [6, 6.07) is 15.7. The number of nitrogens with one attached hydrogen (secondary N) is 2. The van der Waals surface area contributed by atoms with E-state index in [1.54, 1.807) is 19.2 Å². The second-order valence-corrected chi connectivity index (χ2v) is 10.0. The Bertz CT molecular complexity index is 1440. The largest absolute Gasteiger partial charge is 0.378 e. The van der Waals surface area contributed by atoms with Crippen LogP contribution in [0.25, 0.3) is 22.3 Å². The fourth-order valence-electron chi connectivity index (χ4n) is 5.20. The van der Waals surface area contributed by atoms with Crippen molar-refractivity contribution >= 4 is 34.4 Å². The van der Waals surface area contributed by atoms with Crippen LogP contribution in [-0.2, 0) is 11.3 Å². The van der Waals surface area contributed by atoms with E-state index in [4.69, 9.17) is 14.7 Å². The zero-order valence-electron chi connectivity index (χ0n) is 22.3. The van der Waals surface area contributed by atoms with Crippen LogP contribution in [0.15, 0.2) is 54.9 Å². The molecule has 202 valence electrons. The number of carbonyl (C=O) groups excluding carboxylic acids is 1.